The van der Waals surface area contributed by atoms with Crippen LogP contribution in [0.5, 0.6) is 11.5 Å². The van der Waals surface area contributed by atoms with Crippen molar-refractivity contribution in [3.05, 3.63) is 88.9 Å². The minimum absolute atomic E-state index is 0.122. The first-order valence-electron chi connectivity index (χ1n) is 9.35. The molecular formula is C23H19ClN2O4. The van der Waals surface area contributed by atoms with Crippen LogP contribution in [0.4, 0.5) is 5.69 Å². The number of hydrogen-bond donors (Lipinski definition) is 1. The fourth-order valence-corrected chi connectivity index (χ4v) is 3.62. The van der Waals surface area contributed by atoms with Gasteiger partial charge in [-0.1, -0.05) is 54.1 Å². The monoisotopic (exact) mass is 422 g/mol. The summed E-state index contributed by atoms with van der Waals surface area (Å²) in [6.45, 7) is 0.0415. The van der Waals surface area contributed by atoms with Gasteiger partial charge in [-0.25, -0.2) is 0 Å². The summed E-state index contributed by atoms with van der Waals surface area (Å²) in [6, 6.07) is 21.2. The summed E-state index contributed by atoms with van der Waals surface area (Å²) >= 11 is 5.94. The number of amides is 2. The molecule has 0 aliphatic carbocycles. The molecule has 1 heterocycles. The Morgan fingerprint density at radius 2 is 1.80 bits per heavy atom. The third kappa shape index (κ3) is 3.95. The number of primary amides is 1. The van der Waals surface area contributed by atoms with Crippen molar-refractivity contribution >= 4 is 29.1 Å². The average molecular weight is 423 g/mol. The molecular weight excluding hydrogens is 404 g/mol. The number of hydrogen-bond acceptors (Lipinski definition) is 4. The third-order valence-corrected chi connectivity index (χ3v) is 5.08. The summed E-state index contributed by atoms with van der Waals surface area (Å²) < 4.78 is 11.6. The van der Waals surface area contributed by atoms with E-state index in [9.17, 15) is 9.59 Å². The fourth-order valence-electron chi connectivity index (χ4n) is 3.45. The first-order valence-corrected chi connectivity index (χ1v) is 9.73. The average Bonchev–Trinajstić information content (AvgIpc) is 2.77. The fraction of sp³-hybridized carbons (Fsp3) is 0.130. The Balaban J connectivity index is 1.63. The summed E-state index contributed by atoms with van der Waals surface area (Å²) in [7, 11) is 0. The molecule has 3 aromatic carbocycles. The van der Waals surface area contributed by atoms with Gasteiger partial charge in [0, 0.05) is 5.02 Å². The molecule has 3 aromatic rings. The quantitative estimate of drug-likeness (QED) is 0.674. The Labute approximate surface area is 178 Å². The molecule has 0 aromatic heterocycles. The van der Waals surface area contributed by atoms with Crippen LogP contribution in [0.1, 0.15) is 22.0 Å². The predicted octanol–water partition coefficient (Wildman–Crippen LogP) is 3.98. The van der Waals surface area contributed by atoms with Gasteiger partial charge in [-0.15, -0.1) is 0 Å². The van der Waals surface area contributed by atoms with E-state index in [4.69, 9.17) is 26.8 Å². The molecule has 1 atom stereocenters. The van der Waals surface area contributed by atoms with E-state index in [1.165, 1.54) is 12.1 Å². The number of carbonyl (C=O) groups excluding carboxylic acids is 2. The largest absolute Gasteiger partial charge is 0.489 e. The Kier molecular flexibility index (Phi) is 5.59. The lowest BCUT2D eigenvalue weighted by Gasteiger charge is -2.37. The zero-order valence-corrected chi connectivity index (χ0v) is 16.7. The Bertz CT molecular complexity index is 1090. The highest BCUT2D eigenvalue weighted by Gasteiger charge is 2.33. The van der Waals surface area contributed by atoms with E-state index in [1.807, 2.05) is 54.6 Å². The number of fused-ring (bicyclic) bond motifs is 1. The summed E-state index contributed by atoms with van der Waals surface area (Å²) in [5, 5.41) is 0.355. The van der Waals surface area contributed by atoms with E-state index < -0.39 is 5.91 Å². The maximum atomic E-state index is 13.3. The highest BCUT2D eigenvalue weighted by Crippen LogP contribution is 2.39. The Morgan fingerprint density at radius 1 is 1.07 bits per heavy atom. The van der Waals surface area contributed by atoms with Crippen molar-refractivity contribution in [1.82, 2.24) is 0 Å². The van der Waals surface area contributed by atoms with Crippen molar-refractivity contribution in [2.24, 2.45) is 5.73 Å². The SMILES string of the molecule is NC(=O)c1cc(Cl)ccc1OCC(=O)N1c2ccccc2OC[C@H]1c1ccccc1. The smallest absolute Gasteiger partial charge is 0.265 e. The molecule has 4 rings (SSSR count). The number of nitrogens with zero attached hydrogens (tertiary/aromatic N) is 1. The number of halogens is 1. The molecule has 0 saturated carbocycles. The topological polar surface area (TPSA) is 81.9 Å². The van der Waals surface area contributed by atoms with Gasteiger partial charge in [0.25, 0.3) is 11.8 Å². The van der Waals surface area contributed by atoms with E-state index in [1.54, 1.807) is 11.0 Å². The van der Waals surface area contributed by atoms with Crippen LogP contribution in [-0.2, 0) is 4.79 Å². The number of anilines is 1. The highest BCUT2D eigenvalue weighted by molar-refractivity contribution is 6.31. The lowest BCUT2D eigenvalue weighted by Crippen LogP contribution is -2.43. The van der Waals surface area contributed by atoms with Gasteiger partial charge in [0.1, 0.15) is 18.1 Å². The molecule has 7 heteroatoms. The second-order valence-electron chi connectivity index (χ2n) is 6.76. The minimum atomic E-state index is -0.682. The first-order chi connectivity index (χ1) is 14.5. The second kappa shape index (κ2) is 8.47. The lowest BCUT2D eigenvalue weighted by atomic mass is 10.0. The molecule has 1 aliphatic rings. The number of rotatable bonds is 5. The summed E-state index contributed by atoms with van der Waals surface area (Å²) in [5.74, 6) is -0.121. The van der Waals surface area contributed by atoms with Crippen LogP contribution in [-0.4, -0.2) is 25.0 Å². The maximum absolute atomic E-state index is 13.3. The molecule has 152 valence electrons. The van der Waals surface area contributed by atoms with Gasteiger partial charge in [0.2, 0.25) is 0 Å². The van der Waals surface area contributed by atoms with Gasteiger partial charge in [0.15, 0.2) is 6.61 Å². The van der Waals surface area contributed by atoms with Crippen molar-refractivity contribution in [3.8, 4) is 11.5 Å². The molecule has 0 saturated heterocycles. The molecule has 0 bridgehead atoms. The van der Waals surface area contributed by atoms with Crippen molar-refractivity contribution < 1.29 is 19.1 Å². The molecule has 2 amide bonds. The standard InChI is InChI=1S/C23H19ClN2O4/c24-16-10-11-20(17(12-16)23(25)28)30-14-22(27)26-18-8-4-5-9-21(18)29-13-19(26)15-6-2-1-3-7-15/h1-12,19H,13-14H2,(H2,25,28)/t19-/m0/s1. The number of nitrogens with two attached hydrogens (primary N) is 1. The molecule has 0 fully saturated rings. The lowest BCUT2D eigenvalue weighted by molar-refractivity contribution is -0.121. The maximum Gasteiger partial charge on any atom is 0.265 e. The van der Waals surface area contributed by atoms with Crippen LogP contribution in [0.25, 0.3) is 0 Å². The Hall–Kier alpha value is -3.51. The van der Waals surface area contributed by atoms with Crippen LogP contribution < -0.4 is 20.1 Å². The van der Waals surface area contributed by atoms with E-state index >= 15 is 0 Å². The van der Waals surface area contributed by atoms with Gasteiger partial charge in [0.05, 0.1) is 17.3 Å². The molecule has 0 radical (unpaired) electrons. The first kappa shape index (κ1) is 19.8. The van der Waals surface area contributed by atoms with Crippen LogP contribution in [0.15, 0.2) is 72.8 Å². The van der Waals surface area contributed by atoms with Crippen LogP contribution >= 0.6 is 11.6 Å². The van der Waals surface area contributed by atoms with Crippen LogP contribution in [0, 0.1) is 0 Å². The van der Waals surface area contributed by atoms with E-state index in [2.05, 4.69) is 0 Å². The zero-order chi connectivity index (χ0) is 21.1. The van der Waals surface area contributed by atoms with Gasteiger partial charge in [-0.3, -0.25) is 14.5 Å². The normalized spacial score (nSPS) is 15.1. The zero-order valence-electron chi connectivity index (χ0n) is 16.0. The van der Waals surface area contributed by atoms with E-state index in [0.29, 0.717) is 23.1 Å². The second-order valence-corrected chi connectivity index (χ2v) is 7.20. The van der Waals surface area contributed by atoms with E-state index in [0.717, 1.165) is 5.56 Å². The van der Waals surface area contributed by atoms with Crippen molar-refractivity contribution in [3.63, 3.8) is 0 Å². The molecule has 2 N–H and O–H groups in total. The van der Waals surface area contributed by atoms with Crippen LogP contribution in [0.3, 0.4) is 0 Å². The Morgan fingerprint density at radius 3 is 2.57 bits per heavy atom. The molecule has 0 unspecified atom stereocenters. The molecule has 6 nitrogen and oxygen atoms in total. The van der Waals surface area contributed by atoms with Gasteiger partial charge >= 0.3 is 0 Å². The van der Waals surface area contributed by atoms with Crippen molar-refractivity contribution in [2.45, 2.75) is 6.04 Å². The molecule has 0 spiro atoms. The van der Waals surface area contributed by atoms with Crippen LogP contribution in [0.2, 0.25) is 5.02 Å². The summed E-state index contributed by atoms with van der Waals surface area (Å²) in [4.78, 5) is 26.6. The molecule has 1 aliphatic heterocycles. The minimum Gasteiger partial charge on any atom is -0.489 e. The summed E-state index contributed by atoms with van der Waals surface area (Å²) in [6.07, 6.45) is 0. The number of carbonyl (C=O) groups is 2. The number of benzene rings is 3. The summed E-state index contributed by atoms with van der Waals surface area (Å²) in [5.41, 5.74) is 7.14. The van der Waals surface area contributed by atoms with Crippen molar-refractivity contribution in [1.29, 1.82) is 0 Å². The molecule has 30 heavy (non-hydrogen) atoms. The number of para-hydroxylation sites is 2. The van der Waals surface area contributed by atoms with Gasteiger partial charge < -0.3 is 15.2 Å². The van der Waals surface area contributed by atoms with E-state index in [-0.39, 0.29) is 29.9 Å². The third-order valence-electron chi connectivity index (χ3n) is 4.84. The number of ether oxygens (including phenoxy) is 2. The predicted molar refractivity (Wildman–Crippen MR) is 114 cm³/mol. The highest BCUT2D eigenvalue weighted by atomic mass is 35.5. The van der Waals surface area contributed by atoms with Gasteiger partial charge in [-0.2, -0.15) is 0 Å². The van der Waals surface area contributed by atoms with Crippen molar-refractivity contribution in [2.75, 3.05) is 18.1 Å². The van der Waals surface area contributed by atoms with Gasteiger partial charge in [-0.05, 0) is 35.9 Å².